The molecular weight excluding hydrogens is 283 g/mol. The number of aromatic carboxylic acids is 1. The molecule has 7 heteroatoms. The molecule has 0 fully saturated rings. The van der Waals surface area contributed by atoms with Gasteiger partial charge in [0, 0.05) is 0 Å². The predicted octanol–water partition coefficient (Wildman–Crippen LogP) is 3.89. The molecule has 2 aromatic rings. The summed E-state index contributed by atoms with van der Waals surface area (Å²) in [5.41, 5.74) is 0.516. The maximum absolute atomic E-state index is 10.7. The van der Waals surface area contributed by atoms with Crippen LogP contribution >= 0.6 is 34.5 Å². The number of hydrogen-bond donors (Lipinski definition) is 2. The number of carboxylic acid groups (broad SMARTS) is 1. The number of para-hydroxylation sites is 1. The fraction of sp³-hybridized carbons (Fsp3) is 0. The van der Waals surface area contributed by atoms with E-state index in [1.807, 2.05) is 0 Å². The highest BCUT2D eigenvalue weighted by Crippen LogP contribution is 2.33. The number of carboxylic acids is 1. The minimum Gasteiger partial charge on any atom is -0.477 e. The van der Waals surface area contributed by atoms with Crippen LogP contribution in [0.25, 0.3) is 0 Å². The number of nitrogens with zero attached hydrogens (tertiary/aromatic N) is 1. The van der Waals surface area contributed by atoms with E-state index < -0.39 is 5.97 Å². The third kappa shape index (κ3) is 2.69. The minimum atomic E-state index is -1.01. The zero-order valence-corrected chi connectivity index (χ0v) is 10.6. The Kier molecular flexibility index (Phi) is 3.51. The van der Waals surface area contributed by atoms with E-state index in [1.165, 1.54) is 6.20 Å². The van der Waals surface area contributed by atoms with Crippen LogP contribution < -0.4 is 5.32 Å². The average Bonchev–Trinajstić information content (AvgIpc) is 2.72. The molecule has 0 radical (unpaired) electrons. The molecule has 4 nitrogen and oxygen atoms in total. The molecule has 0 aliphatic heterocycles. The lowest BCUT2D eigenvalue weighted by molar-refractivity contribution is 0.0702. The van der Waals surface area contributed by atoms with Crippen molar-refractivity contribution in [1.82, 2.24) is 4.98 Å². The van der Waals surface area contributed by atoms with Gasteiger partial charge in [-0.25, -0.2) is 9.78 Å². The molecule has 0 bridgehead atoms. The van der Waals surface area contributed by atoms with Gasteiger partial charge in [0.05, 0.1) is 21.9 Å². The fourth-order valence-corrected chi connectivity index (χ4v) is 2.31. The van der Waals surface area contributed by atoms with E-state index >= 15 is 0 Å². The first kappa shape index (κ1) is 12.2. The average molecular weight is 289 g/mol. The molecule has 0 amide bonds. The molecule has 0 saturated heterocycles. The van der Waals surface area contributed by atoms with Gasteiger partial charge in [-0.3, -0.25) is 0 Å². The number of hydrogen-bond acceptors (Lipinski definition) is 4. The largest absolute Gasteiger partial charge is 0.477 e. The lowest BCUT2D eigenvalue weighted by Crippen LogP contribution is -1.91. The van der Waals surface area contributed by atoms with Crippen molar-refractivity contribution in [2.24, 2.45) is 0 Å². The predicted molar refractivity (Wildman–Crippen MR) is 68.8 cm³/mol. The Bertz CT molecular complexity index is 551. The van der Waals surface area contributed by atoms with Crippen molar-refractivity contribution in [2.45, 2.75) is 0 Å². The number of rotatable bonds is 3. The number of aromatic nitrogens is 1. The Hall–Kier alpha value is -1.30. The SMILES string of the molecule is O=C(O)c1cnc(Nc2c(Cl)cccc2Cl)s1. The number of nitrogens with one attached hydrogen (secondary N) is 1. The van der Waals surface area contributed by atoms with E-state index in [2.05, 4.69) is 10.3 Å². The van der Waals surface area contributed by atoms with Gasteiger partial charge in [-0.2, -0.15) is 0 Å². The molecule has 88 valence electrons. The standard InChI is InChI=1S/C10H6Cl2N2O2S/c11-5-2-1-3-6(12)8(5)14-10-13-4-7(17-10)9(15)16/h1-4H,(H,13,14)(H,15,16). The van der Waals surface area contributed by atoms with E-state index in [0.717, 1.165) is 11.3 Å². The molecule has 0 aliphatic rings. The summed E-state index contributed by atoms with van der Waals surface area (Å²) in [5.74, 6) is -1.01. The fourth-order valence-electron chi connectivity index (χ4n) is 1.15. The Balaban J connectivity index is 2.28. The van der Waals surface area contributed by atoms with Crippen LogP contribution in [0, 0.1) is 0 Å². The summed E-state index contributed by atoms with van der Waals surface area (Å²) in [6.45, 7) is 0. The number of anilines is 2. The van der Waals surface area contributed by atoms with E-state index in [1.54, 1.807) is 18.2 Å². The number of carbonyl (C=O) groups is 1. The van der Waals surface area contributed by atoms with E-state index in [4.69, 9.17) is 28.3 Å². The third-order valence-corrected chi connectivity index (χ3v) is 3.44. The summed E-state index contributed by atoms with van der Waals surface area (Å²) in [6, 6.07) is 5.09. The molecule has 2 rings (SSSR count). The highest BCUT2D eigenvalue weighted by atomic mass is 35.5. The Labute approximate surface area is 111 Å². The van der Waals surface area contributed by atoms with Gasteiger partial charge in [0.25, 0.3) is 0 Å². The number of thiazole rings is 1. The van der Waals surface area contributed by atoms with Crippen molar-refractivity contribution >= 4 is 51.3 Å². The van der Waals surface area contributed by atoms with Crippen molar-refractivity contribution in [3.8, 4) is 0 Å². The second-order valence-corrected chi connectivity index (χ2v) is 4.90. The Morgan fingerprint density at radius 3 is 2.53 bits per heavy atom. The number of halogens is 2. The minimum absolute atomic E-state index is 0.149. The second kappa shape index (κ2) is 4.91. The summed E-state index contributed by atoms with van der Waals surface area (Å²) in [5, 5.41) is 13.0. The maximum atomic E-state index is 10.7. The Morgan fingerprint density at radius 1 is 1.35 bits per heavy atom. The van der Waals surface area contributed by atoms with Crippen LogP contribution in [-0.2, 0) is 0 Å². The lowest BCUT2D eigenvalue weighted by atomic mass is 10.3. The molecule has 0 spiro atoms. The molecule has 17 heavy (non-hydrogen) atoms. The van der Waals surface area contributed by atoms with Crippen LogP contribution in [0.1, 0.15) is 9.67 Å². The van der Waals surface area contributed by atoms with Crippen LogP contribution in [0.5, 0.6) is 0 Å². The first-order chi connectivity index (χ1) is 8.08. The molecule has 2 N–H and O–H groups in total. The Morgan fingerprint density at radius 2 is 2.00 bits per heavy atom. The molecule has 1 aromatic heterocycles. The quantitative estimate of drug-likeness (QED) is 0.899. The normalized spacial score (nSPS) is 10.2. The van der Waals surface area contributed by atoms with Crippen LogP contribution in [0.2, 0.25) is 10.0 Å². The van der Waals surface area contributed by atoms with Crippen molar-refractivity contribution in [1.29, 1.82) is 0 Å². The van der Waals surface area contributed by atoms with E-state index in [-0.39, 0.29) is 4.88 Å². The van der Waals surface area contributed by atoms with Crippen LogP contribution in [0.4, 0.5) is 10.8 Å². The van der Waals surface area contributed by atoms with Crippen LogP contribution in [0.15, 0.2) is 24.4 Å². The van der Waals surface area contributed by atoms with Gasteiger partial charge < -0.3 is 10.4 Å². The summed E-state index contributed by atoms with van der Waals surface area (Å²) < 4.78 is 0. The van der Waals surface area contributed by atoms with Crippen molar-refractivity contribution in [3.05, 3.63) is 39.3 Å². The zero-order valence-electron chi connectivity index (χ0n) is 8.28. The van der Waals surface area contributed by atoms with E-state index in [9.17, 15) is 4.79 Å². The van der Waals surface area contributed by atoms with Gasteiger partial charge in [-0.15, -0.1) is 0 Å². The van der Waals surface area contributed by atoms with Crippen molar-refractivity contribution in [2.75, 3.05) is 5.32 Å². The van der Waals surface area contributed by atoms with Crippen LogP contribution in [0.3, 0.4) is 0 Å². The third-order valence-electron chi connectivity index (χ3n) is 1.91. The summed E-state index contributed by atoms with van der Waals surface area (Å²) >= 11 is 12.9. The molecule has 1 aromatic carbocycles. The van der Waals surface area contributed by atoms with Crippen molar-refractivity contribution in [3.63, 3.8) is 0 Å². The van der Waals surface area contributed by atoms with Gasteiger partial charge in [-0.1, -0.05) is 40.6 Å². The molecule has 1 heterocycles. The molecule has 0 saturated carbocycles. The second-order valence-electron chi connectivity index (χ2n) is 3.06. The zero-order chi connectivity index (χ0) is 12.4. The van der Waals surface area contributed by atoms with Gasteiger partial charge >= 0.3 is 5.97 Å². The van der Waals surface area contributed by atoms with Crippen LogP contribution in [-0.4, -0.2) is 16.1 Å². The number of benzene rings is 1. The molecule has 0 aliphatic carbocycles. The van der Waals surface area contributed by atoms with E-state index in [0.29, 0.717) is 20.9 Å². The summed E-state index contributed by atoms with van der Waals surface area (Å²) in [6.07, 6.45) is 1.28. The van der Waals surface area contributed by atoms with Crippen molar-refractivity contribution < 1.29 is 9.90 Å². The van der Waals surface area contributed by atoms with Gasteiger partial charge in [-0.05, 0) is 12.1 Å². The monoisotopic (exact) mass is 288 g/mol. The summed E-state index contributed by atoms with van der Waals surface area (Å²) in [7, 11) is 0. The maximum Gasteiger partial charge on any atom is 0.347 e. The highest BCUT2D eigenvalue weighted by molar-refractivity contribution is 7.17. The van der Waals surface area contributed by atoms with Gasteiger partial charge in [0.1, 0.15) is 4.88 Å². The molecular formula is C10H6Cl2N2O2S. The van der Waals surface area contributed by atoms with Gasteiger partial charge in [0.2, 0.25) is 0 Å². The van der Waals surface area contributed by atoms with Gasteiger partial charge in [0.15, 0.2) is 5.13 Å². The molecule has 0 unspecified atom stereocenters. The first-order valence-corrected chi connectivity index (χ1v) is 6.05. The highest BCUT2D eigenvalue weighted by Gasteiger charge is 2.11. The lowest BCUT2D eigenvalue weighted by Gasteiger charge is -2.06. The summed E-state index contributed by atoms with van der Waals surface area (Å²) in [4.78, 5) is 14.8. The first-order valence-electron chi connectivity index (χ1n) is 4.48. The molecule has 0 atom stereocenters. The topological polar surface area (TPSA) is 62.2 Å². The smallest absolute Gasteiger partial charge is 0.347 e.